The Hall–Kier alpha value is -4.38. The third kappa shape index (κ3) is 2.91. The Morgan fingerprint density at radius 3 is 1.89 bits per heavy atom. The molecule has 0 fully saturated rings. The molecule has 10 rings (SSSR count). The predicted molar refractivity (Wildman–Crippen MR) is 188 cm³/mol. The number of benzene rings is 6. The molecule has 0 aliphatic heterocycles. The molecule has 7 aromatic rings. The highest BCUT2D eigenvalue weighted by Gasteiger charge is 2.50. The third-order valence-corrected chi connectivity index (χ3v) is 13.8. The van der Waals surface area contributed by atoms with Gasteiger partial charge in [0.25, 0.3) is 0 Å². The Balaban J connectivity index is 1.27. The van der Waals surface area contributed by atoms with Crippen LogP contribution >= 0.6 is 7.53 Å². The van der Waals surface area contributed by atoms with Crippen LogP contribution in [0.3, 0.4) is 0 Å². The molecule has 1 heterocycles. The molecule has 0 bridgehead atoms. The van der Waals surface area contributed by atoms with Crippen molar-refractivity contribution in [2.45, 2.75) is 44.4 Å². The first kappa shape index (κ1) is 25.0. The van der Waals surface area contributed by atoms with Gasteiger partial charge in [-0.1, -0.05) is 132 Å². The maximum absolute atomic E-state index is 2.54. The lowest BCUT2D eigenvalue weighted by Gasteiger charge is -2.46. The topological polar surface area (TPSA) is 0 Å². The minimum Gasteiger partial charge on any atom is -0.0772 e. The van der Waals surface area contributed by atoms with Gasteiger partial charge in [-0.2, -0.15) is 0 Å². The number of rotatable bonds is 2. The van der Waals surface area contributed by atoms with Crippen LogP contribution in [0, 0.1) is 0 Å². The maximum Gasteiger partial charge on any atom is 0.0364 e. The van der Waals surface area contributed by atoms with Crippen LogP contribution in [0.4, 0.5) is 0 Å². The SMILES string of the molecule is CC1(C)c2cccc3c2C2c4c-3cc(-c3ccc5c(c3)c3ccccc3p5-c3ccccc3)cc4C(C)(C)c3cccc1c32. The summed E-state index contributed by atoms with van der Waals surface area (Å²) in [6.45, 7) is 9.77. The van der Waals surface area contributed by atoms with Gasteiger partial charge in [0.1, 0.15) is 0 Å². The van der Waals surface area contributed by atoms with E-state index in [1.165, 1.54) is 70.8 Å². The Morgan fingerprint density at radius 1 is 0.455 bits per heavy atom. The van der Waals surface area contributed by atoms with Crippen molar-refractivity contribution in [3.8, 4) is 27.6 Å². The summed E-state index contributed by atoms with van der Waals surface area (Å²) < 4.78 is 0. The van der Waals surface area contributed by atoms with Crippen LogP contribution < -0.4 is 0 Å². The second kappa shape index (κ2) is 8.20. The predicted octanol–water partition coefficient (Wildman–Crippen LogP) is 12.1. The van der Waals surface area contributed by atoms with E-state index in [4.69, 9.17) is 0 Å². The summed E-state index contributed by atoms with van der Waals surface area (Å²) in [5.41, 5.74) is 16.1. The van der Waals surface area contributed by atoms with Crippen LogP contribution in [0.25, 0.3) is 48.6 Å². The zero-order valence-electron chi connectivity index (χ0n) is 25.6. The molecule has 0 spiro atoms. The highest BCUT2D eigenvalue weighted by Crippen LogP contribution is 2.64. The van der Waals surface area contributed by atoms with Crippen LogP contribution in [0.1, 0.15) is 72.6 Å². The molecular formula is C43H33P. The first-order valence-corrected chi connectivity index (χ1v) is 17.2. The van der Waals surface area contributed by atoms with Gasteiger partial charge >= 0.3 is 0 Å². The number of hydrogen-bond acceptors (Lipinski definition) is 0. The normalized spacial score (nSPS) is 18.1. The van der Waals surface area contributed by atoms with Crippen LogP contribution in [0.15, 0.2) is 121 Å². The fourth-order valence-electron chi connectivity index (χ4n) is 9.22. The Morgan fingerprint density at radius 2 is 1.09 bits per heavy atom. The van der Waals surface area contributed by atoms with Crippen molar-refractivity contribution < 1.29 is 0 Å². The summed E-state index contributed by atoms with van der Waals surface area (Å²) >= 11 is 0. The first-order valence-electron chi connectivity index (χ1n) is 15.9. The largest absolute Gasteiger partial charge is 0.0772 e. The van der Waals surface area contributed by atoms with E-state index in [-0.39, 0.29) is 10.8 Å². The lowest BCUT2D eigenvalue weighted by molar-refractivity contribution is 0.553. The third-order valence-electron chi connectivity index (χ3n) is 11.3. The van der Waals surface area contributed by atoms with E-state index in [0.29, 0.717) is 5.92 Å². The van der Waals surface area contributed by atoms with Crippen LogP contribution in [-0.2, 0) is 10.8 Å². The lowest BCUT2D eigenvalue weighted by atomic mass is 9.57. The molecule has 0 nitrogen and oxygen atoms in total. The summed E-state index contributed by atoms with van der Waals surface area (Å²) in [5.74, 6) is 0.342. The van der Waals surface area contributed by atoms with Crippen molar-refractivity contribution in [2.75, 3.05) is 0 Å². The van der Waals surface area contributed by atoms with Crippen molar-refractivity contribution in [3.05, 3.63) is 160 Å². The molecule has 6 aromatic carbocycles. The molecule has 1 heteroatoms. The highest BCUT2D eigenvalue weighted by molar-refractivity contribution is 7.67. The van der Waals surface area contributed by atoms with E-state index in [0.717, 1.165) is 0 Å². The molecule has 1 aromatic heterocycles. The fourth-order valence-corrected chi connectivity index (χ4v) is 11.8. The first-order chi connectivity index (χ1) is 21.4. The van der Waals surface area contributed by atoms with Gasteiger partial charge < -0.3 is 0 Å². The summed E-state index contributed by atoms with van der Waals surface area (Å²) in [6, 6.07) is 46.7. The average molecular weight is 581 g/mol. The maximum atomic E-state index is 2.54. The van der Waals surface area contributed by atoms with Gasteiger partial charge in [0.05, 0.1) is 0 Å². The molecule has 0 saturated heterocycles. The Labute approximate surface area is 260 Å². The van der Waals surface area contributed by atoms with Crippen molar-refractivity contribution in [3.63, 3.8) is 0 Å². The van der Waals surface area contributed by atoms with Gasteiger partial charge in [-0.25, -0.2) is 0 Å². The standard InChI is InChI=1S/C43H33P/c1-42(2)32-16-10-15-29-31-23-26(24-35-39(31)41(38(29)32)40-33(42)17-11-18-34(40)43(35,3)4)25-20-21-37-30(22-25)28-14-8-9-19-36(28)44(37)27-12-6-5-7-13-27/h5-24,41H,1-4H3. The van der Waals surface area contributed by atoms with Gasteiger partial charge in [0, 0.05) is 27.0 Å². The van der Waals surface area contributed by atoms with Crippen molar-refractivity contribution in [1.82, 2.24) is 0 Å². The van der Waals surface area contributed by atoms with Crippen molar-refractivity contribution in [1.29, 1.82) is 0 Å². The number of fused-ring (bicyclic) bond motifs is 4. The second-order valence-corrected chi connectivity index (χ2v) is 16.3. The molecule has 210 valence electrons. The van der Waals surface area contributed by atoms with E-state index in [2.05, 4.69) is 149 Å². The molecule has 2 atom stereocenters. The van der Waals surface area contributed by atoms with Gasteiger partial charge in [-0.3, -0.25) is 0 Å². The van der Waals surface area contributed by atoms with E-state index in [1.807, 2.05) is 0 Å². The minimum atomic E-state index is -0.550. The summed E-state index contributed by atoms with van der Waals surface area (Å²) in [7, 11) is -0.550. The summed E-state index contributed by atoms with van der Waals surface area (Å²) in [5, 5.41) is 7.17. The molecule has 2 unspecified atom stereocenters. The molecule has 3 aliphatic rings. The molecule has 3 aliphatic carbocycles. The van der Waals surface area contributed by atoms with Crippen LogP contribution in [0.2, 0.25) is 0 Å². The molecule has 44 heavy (non-hydrogen) atoms. The van der Waals surface area contributed by atoms with Gasteiger partial charge in [0.15, 0.2) is 0 Å². The van der Waals surface area contributed by atoms with Gasteiger partial charge in [-0.05, 0) is 102 Å². The fraction of sp³-hybridized carbons (Fsp3) is 0.163. The molecular weight excluding hydrogens is 547 g/mol. The molecule has 0 radical (unpaired) electrons. The summed E-state index contributed by atoms with van der Waals surface area (Å²) in [6.07, 6.45) is 0. The smallest absolute Gasteiger partial charge is 0.0364 e. The number of hydrogen-bond donors (Lipinski definition) is 0. The molecule has 0 saturated carbocycles. The van der Waals surface area contributed by atoms with E-state index < -0.39 is 7.53 Å². The highest BCUT2D eigenvalue weighted by atomic mass is 31.1. The quantitative estimate of drug-likeness (QED) is 0.191. The average Bonchev–Trinajstić information content (AvgIpc) is 3.56. The van der Waals surface area contributed by atoms with Crippen LogP contribution in [0.5, 0.6) is 0 Å². The molecule has 0 amide bonds. The van der Waals surface area contributed by atoms with Gasteiger partial charge in [-0.15, -0.1) is 0 Å². The van der Waals surface area contributed by atoms with E-state index >= 15 is 0 Å². The van der Waals surface area contributed by atoms with E-state index in [9.17, 15) is 0 Å². The zero-order valence-corrected chi connectivity index (χ0v) is 26.5. The lowest BCUT2D eigenvalue weighted by Crippen LogP contribution is -2.36. The Bertz CT molecular complexity index is 2380. The minimum absolute atomic E-state index is 0.0177. The zero-order chi connectivity index (χ0) is 29.5. The van der Waals surface area contributed by atoms with Crippen molar-refractivity contribution in [2.24, 2.45) is 0 Å². The summed E-state index contributed by atoms with van der Waals surface area (Å²) in [4.78, 5) is 0. The second-order valence-electron chi connectivity index (χ2n) is 14.1. The van der Waals surface area contributed by atoms with Gasteiger partial charge in [0.2, 0.25) is 0 Å². The van der Waals surface area contributed by atoms with Crippen molar-refractivity contribution >= 4 is 28.5 Å². The van der Waals surface area contributed by atoms with E-state index in [1.54, 1.807) is 16.7 Å². The van der Waals surface area contributed by atoms with Crippen LogP contribution in [-0.4, -0.2) is 0 Å². The monoisotopic (exact) mass is 580 g/mol. The molecule has 0 N–H and O–H groups in total. The Kier molecular flexibility index (Phi) is 4.66.